The number of benzene rings is 4. The van der Waals surface area contributed by atoms with Crippen molar-refractivity contribution in [3.63, 3.8) is 0 Å². The predicted octanol–water partition coefficient (Wildman–Crippen LogP) is 1.16. The minimum Gasteiger partial charge on any atom is -0.507 e. The summed E-state index contributed by atoms with van der Waals surface area (Å²) in [6.07, 6.45) is 0. The summed E-state index contributed by atoms with van der Waals surface area (Å²) < 4.78 is 0. The van der Waals surface area contributed by atoms with Gasteiger partial charge in [-0.3, -0.25) is 19.2 Å². The monoisotopic (exact) mass is 783 g/mol. The van der Waals surface area contributed by atoms with Crippen LogP contribution in [0.25, 0.3) is 0 Å². The second-order valence-electron chi connectivity index (χ2n) is 13.2. The van der Waals surface area contributed by atoms with Gasteiger partial charge in [-0.25, -0.2) is 0 Å². The van der Waals surface area contributed by atoms with Crippen LogP contribution in [0.4, 0.5) is 22.7 Å². The number of aliphatic hydroxyl groups is 2. The van der Waals surface area contributed by atoms with Crippen LogP contribution < -0.4 is 37.2 Å². The number of nitrogens with one attached hydrogen (secondary N) is 7. The molecule has 0 aliphatic heterocycles. The summed E-state index contributed by atoms with van der Waals surface area (Å²) in [7, 11) is 0. The van der Waals surface area contributed by atoms with E-state index in [1.165, 1.54) is 0 Å². The van der Waals surface area contributed by atoms with Crippen molar-refractivity contribution >= 4 is 45.9 Å². The lowest BCUT2D eigenvalue weighted by Crippen LogP contribution is -2.30. The number of fused-ring (bicyclic) bond motifs is 4. The number of carbonyl (C=O) groups is 4. The Kier molecular flexibility index (Phi) is 12.9. The molecule has 2 aliphatic carbocycles. The summed E-state index contributed by atoms with van der Waals surface area (Å²) in [4.78, 5) is 55.3. The number of phenols is 4. The third-order valence-electron chi connectivity index (χ3n) is 9.60. The molecule has 17 nitrogen and oxygen atoms in total. The second kappa shape index (κ2) is 18.1. The van der Waals surface area contributed by atoms with Crippen molar-refractivity contribution in [3.05, 3.63) is 93.0 Å². The summed E-state index contributed by atoms with van der Waals surface area (Å²) >= 11 is 0. The standard InChI is InChI=1S/C40H45N7O10/c48-19-17-42-11-15-46-23-3-1-21(29-31(23)39(56)35-27(52)7-5-25(50)33(35)37(29)54)44-13-9-41-10-14-45-22-2-4-24(47-16-12-43-18-20-49)32-30(22)38(55)34-26(51)6-8-28(53)36(34)40(32)57/h1-8,41-53H,9-20H2. The Bertz CT molecular complexity index is 2060. The average Bonchev–Trinajstić information content (AvgIpc) is 3.20. The van der Waals surface area contributed by atoms with E-state index in [1.54, 1.807) is 24.3 Å². The van der Waals surface area contributed by atoms with Gasteiger partial charge >= 0.3 is 0 Å². The van der Waals surface area contributed by atoms with Crippen molar-refractivity contribution in [1.29, 1.82) is 0 Å². The van der Waals surface area contributed by atoms with Gasteiger partial charge in [0.1, 0.15) is 23.0 Å². The highest BCUT2D eigenvalue weighted by atomic mass is 16.3. The van der Waals surface area contributed by atoms with Gasteiger partial charge in [0.2, 0.25) is 23.1 Å². The maximum atomic E-state index is 13.8. The van der Waals surface area contributed by atoms with Crippen LogP contribution in [-0.4, -0.2) is 132 Å². The van der Waals surface area contributed by atoms with Crippen LogP contribution in [0, 0.1) is 0 Å². The molecule has 0 saturated heterocycles. The molecule has 6 rings (SSSR count). The van der Waals surface area contributed by atoms with E-state index in [0.717, 1.165) is 24.3 Å². The van der Waals surface area contributed by atoms with E-state index in [4.69, 9.17) is 10.2 Å². The fourth-order valence-corrected chi connectivity index (χ4v) is 6.99. The van der Waals surface area contributed by atoms with Crippen molar-refractivity contribution in [3.8, 4) is 23.0 Å². The molecule has 0 bridgehead atoms. The van der Waals surface area contributed by atoms with E-state index >= 15 is 0 Å². The maximum absolute atomic E-state index is 13.8. The van der Waals surface area contributed by atoms with E-state index in [-0.39, 0.29) is 57.7 Å². The Morgan fingerprint density at radius 3 is 0.772 bits per heavy atom. The molecule has 0 radical (unpaired) electrons. The fraction of sp³-hybridized carbons (Fsp3) is 0.300. The molecule has 0 spiro atoms. The van der Waals surface area contributed by atoms with Gasteiger partial charge in [0.05, 0.1) is 57.7 Å². The first kappa shape index (κ1) is 40.4. The molecule has 13 N–H and O–H groups in total. The van der Waals surface area contributed by atoms with Crippen molar-refractivity contribution in [2.24, 2.45) is 0 Å². The first-order chi connectivity index (χ1) is 27.6. The van der Waals surface area contributed by atoms with E-state index in [9.17, 15) is 39.6 Å². The highest BCUT2D eigenvalue weighted by Gasteiger charge is 2.39. The zero-order valence-corrected chi connectivity index (χ0v) is 30.9. The van der Waals surface area contributed by atoms with E-state index in [2.05, 4.69) is 37.2 Å². The van der Waals surface area contributed by atoms with Crippen molar-refractivity contribution in [2.45, 2.75) is 0 Å². The number of anilines is 4. The second-order valence-corrected chi connectivity index (χ2v) is 13.2. The SMILES string of the molecule is O=C1c2c(O)ccc(O)c2C(=O)c2c(NCCNCCNc3ccc(NCCNCCO)c4c3C(=O)c3c(O)ccc(O)c3C4=O)ccc(NCCNCCO)c21. The number of aromatic hydroxyl groups is 4. The first-order valence-corrected chi connectivity index (χ1v) is 18.5. The number of ketones is 4. The molecule has 0 heterocycles. The molecule has 17 heteroatoms. The molecule has 300 valence electrons. The van der Waals surface area contributed by atoms with Gasteiger partial charge in [-0.05, 0) is 48.5 Å². The number of aliphatic hydroxyl groups excluding tert-OH is 2. The molecule has 0 fully saturated rings. The van der Waals surface area contributed by atoms with Gasteiger partial charge in [-0.2, -0.15) is 0 Å². The van der Waals surface area contributed by atoms with Gasteiger partial charge in [-0.1, -0.05) is 0 Å². The van der Waals surface area contributed by atoms with Crippen LogP contribution in [0.5, 0.6) is 23.0 Å². The van der Waals surface area contributed by atoms with Gasteiger partial charge in [0, 0.05) is 88.2 Å². The lowest BCUT2D eigenvalue weighted by Gasteiger charge is -2.25. The molecule has 4 aromatic carbocycles. The summed E-state index contributed by atoms with van der Waals surface area (Å²) in [5.41, 5.74) is 0.540. The smallest absolute Gasteiger partial charge is 0.200 e. The number of hydrogen-bond acceptors (Lipinski definition) is 17. The maximum Gasteiger partial charge on any atom is 0.200 e. The van der Waals surface area contributed by atoms with E-state index in [1.807, 2.05) is 0 Å². The van der Waals surface area contributed by atoms with Crippen LogP contribution >= 0.6 is 0 Å². The lowest BCUT2D eigenvalue weighted by atomic mass is 9.81. The Labute approximate surface area is 327 Å². The number of carbonyl (C=O) groups excluding carboxylic acids is 4. The predicted molar refractivity (Wildman–Crippen MR) is 213 cm³/mol. The van der Waals surface area contributed by atoms with Crippen LogP contribution in [0.1, 0.15) is 63.7 Å². The fourth-order valence-electron chi connectivity index (χ4n) is 6.99. The quantitative estimate of drug-likeness (QED) is 0.0382. The normalized spacial score (nSPS) is 12.8. The number of rotatable bonds is 20. The molecular formula is C40H45N7O10. The van der Waals surface area contributed by atoms with Gasteiger partial charge in [0.15, 0.2) is 0 Å². The summed E-state index contributed by atoms with van der Waals surface area (Å²) in [5, 5.41) is 82.2. The molecule has 2 aliphatic rings. The lowest BCUT2D eigenvalue weighted by molar-refractivity contribution is 0.0975. The molecule has 0 saturated carbocycles. The summed E-state index contributed by atoms with van der Waals surface area (Å²) in [5.74, 6) is -4.20. The molecule has 4 aromatic rings. The molecule has 0 atom stereocenters. The molecular weight excluding hydrogens is 738 g/mol. The Hall–Kier alpha value is -6.24. The van der Waals surface area contributed by atoms with E-state index in [0.29, 0.717) is 88.2 Å². The average molecular weight is 784 g/mol. The van der Waals surface area contributed by atoms with Gasteiger partial charge in [-0.15, -0.1) is 0 Å². The van der Waals surface area contributed by atoms with Crippen LogP contribution in [-0.2, 0) is 0 Å². The Morgan fingerprint density at radius 2 is 0.544 bits per heavy atom. The summed E-state index contributed by atoms with van der Waals surface area (Å²) in [6, 6.07) is 11.3. The minimum absolute atomic E-state index is 0.0365. The zero-order chi connectivity index (χ0) is 40.6. The molecule has 0 aromatic heterocycles. The van der Waals surface area contributed by atoms with Gasteiger partial charge in [0.25, 0.3) is 0 Å². The van der Waals surface area contributed by atoms with Crippen LogP contribution in [0.3, 0.4) is 0 Å². The molecule has 57 heavy (non-hydrogen) atoms. The highest BCUT2D eigenvalue weighted by molar-refractivity contribution is 6.34. The largest absolute Gasteiger partial charge is 0.507 e. The molecule has 0 amide bonds. The van der Waals surface area contributed by atoms with E-state index < -0.39 is 46.1 Å². The van der Waals surface area contributed by atoms with Crippen LogP contribution in [0.2, 0.25) is 0 Å². The van der Waals surface area contributed by atoms with Gasteiger partial charge < -0.3 is 67.9 Å². The third-order valence-corrected chi connectivity index (χ3v) is 9.60. The first-order valence-electron chi connectivity index (χ1n) is 18.5. The zero-order valence-electron chi connectivity index (χ0n) is 30.9. The van der Waals surface area contributed by atoms with Crippen LogP contribution in [0.15, 0.2) is 48.5 Å². The third kappa shape index (κ3) is 8.18. The van der Waals surface area contributed by atoms with Crippen molar-refractivity contribution in [2.75, 3.05) is 99.9 Å². The number of hydrogen-bond donors (Lipinski definition) is 13. The summed E-state index contributed by atoms with van der Waals surface area (Å²) in [6.45, 7) is 3.76. The molecule has 0 unspecified atom stereocenters. The Morgan fingerprint density at radius 1 is 0.316 bits per heavy atom. The highest BCUT2D eigenvalue weighted by Crippen LogP contribution is 2.44. The minimum atomic E-state index is -0.628. The topological polar surface area (TPSA) is 274 Å². The van der Waals surface area contributed by atoms with Crippen molar-refractivity contribution in [1.82, 2.24) is 16.0 Å². The van der Waals surface area contributed by atoms with Crippen molar-refractivity contribution < 1.29 is 49.8 Å². The Balaban J connectivity index is 1.13. The number of phenolic OH excluding ortho intramolecular Hbond substituents is 4.